The Hall–Kier alpha value is -3.07. The van der Waals surface area contributed by atoms with Crippen molar-refractivity contribution < 1.29 is 18.7 Å². The van der Waals surface area contributed by atoms with E-state index in [0.717, 1.165) is 5.56 Å². The van der Waals surface area contributed by atoms with Gasteiger partial charge in [-0.25, -0.2) is 4.39 Å². The highest BCUT2D eigenvalue weighted by Gasteiger charge is 2.22. The van der Waals surface area contributed by atoms with Crippen LogP contribution in [0.1, 0.15) is 27.5 Å². The fourth-order valence-corrected chi connectivity index (χ4v) is 2.34. The van der Waals surface area contributed by atoms with Crippen LogP contribution in [0.15, 0.2) is 36.4 Å². The maximum absolute atomic E-state index is 13.9. The largest absolute Gasteiger partial charge is 0.493 e. The number of para-hydroxylation sites is 1. The molecule has 0 saturated carbocycles. The Morgan fingerprint density at radius 2 is 2.00 bits per heavy atom. The van der Waals surface area contributed by atoms with Gasteiger partial charge in [0.2, 0.25) is 0 Å². The number of ether oxygens (including phenoxy) is 2. The van der Waals surface area contributed by atoms with Gasteiger partial charge in [-0.2, -0.15) is 5.26 Å². The van der Waals surface area contributed by atoms with E-state index in [9.17, 15) is 14.4 Å². The summed E-state index contributed by atoms with van der Waals surface area (Å²) in [6.45, 7) is 1.75. The number of amides is 1. The number of hydrogen-bond acceptors (Lipinski definition) is 4. The van der Waals surface area contributed by atoms with E-state index in [1.165, 1.54) is 26.4 Å². The summed E-state index contributed by atoms with van der Waals surface area (Å²) in [5.41, 5.74) is 1.06. The van der Waals surface area contributed by atoms with Crippen LogP contribution in [0, 0.1) is 24.1 Å². The first-order chi connectivity index (χ1) is 11.5. The number of halogens is 1. The van der Waals surface area contributed by atoms with E-state index in [4.69, 9.17) is 9.47 Å². The van der Waals surface area contributed by atoms with Crippen molar-refractivity contribution in [3.05, 3.63) is 58.9 Å². The Morgan fingerprint density at radius 1 is 1.25 bits per heavy atom. The Labute approximate surface area is 139 Å². The fourth-order valence-electron chi connectivity index (χ4n) is 2.34. The van der Waals surface area contributed by atoms with Gasteiger partial charge in [0.05, 0.1) is 25.9 Å². The molecule has 0 bridgehead atoms. The standard InChI is InChI=1S/C18H17FN2O3/c1-11-7-8-14(19)13(9-11)18(22)21-15(10-20)12-5-4-6-16(23-2)17(12)24-3/h4-9,15H,1-3H3,(H,21,22)/t15-/m1/s1. The summed E-state index contributed by atoms with van der Waals surface area (Å²) < 4.78 is 24.3. The third-order valence-corrected chi connectivity index (χ3v) is 3.52. The van der Waals surface area contributed by atoms with Crippen molar-refractivity contribution in [2.75, 3.05) is 14.2 Å². The molecule has 0 saturated heterocycles. The quantitative estimate of drug-likeness (QED) is 0.915. The van der Waals surface area contributed by atoms with Crippen LogP contribution >= 0.6 is 0 Å². The molecule has 0 aliphatic carbocycles. The maximum atomic E-state index is 13.9. The molecule has 2 aromatic carbocycles. The molecule has 0 radical (unpaired) electrons. The summed E-state index contributed by atoms with van der Waals surface area (Å²) in [5.74, 6) is -0.539. The van der Waals surface area contributed by atoms with E-state index in [2.05, 4.69) is 5.32 Å². The molecule has 2 aromatic rings. The predicted molar refractivity (Wildman–Crippen MR) is 86.5 cm³/mol. The third-order valence-electron chi connectivity index (χ3n) is 3.52. The van der Waals surface area contributed by atoms with E-state index in [0.29, 0.717) is 17.1 Å². The zero-order chi connectivity index (χ0) is 17.7. The van der Waals surface area contributed by atoms with Gasteiger partial charge in [-0.05, 0) is 25.1 Å². The number of nitriles is 1. The van der Waals surface area contributed by atoms with Crippen LogP contribution in [0.2, 0.25) is 0 Å². The minimum Gasteiger partial charge on any atom is -0.493 e. The van der Waals surface area contributed by atoms with E-state index in [1.807, 2.05) is 6.07 Å². The number of carbonyl (C=O) groups excluding carboxylic acids is 1. The summed E-state index contributed by atoms with van der Waals surface area (Å²) in [4.78, 5) is 12.3. The third kappa shape index (κ3) is 3.46. The molecular weight excluding hydrogens is 311 g/mol. The van der Waals surface area contributed by atoms with Gasteiger partial charge in [0.15, 0.2) is 11.5 Å². The van der Waals surface area contributed by atoms with E-state index < -0.39 is 17.8 Å². The predicted octanol–water partition coefficient (Wildman–Crippen LogP) is 3.15. The lowest BCUT2D eigenvalue weighted by atomic mass is 10.0. The lowest BCUT2D eigenvalue weighted by Crippen LogP contribution is -2.28. The summed E-state index contributed by atoms with van der Waals surface area (Å²) in [6.07, 6.45) is 0. The molecule has 6 heteroatoms. The average molecular weight is 328 g/mol. The summed E-state index contributed by atoms with van der Waals surface area (Å²) >= 11 is 0. The van der Waals surface area contributed by atoms with Crippen molar-refractivity contribution in [2.24, 2.45) is 0 Å². The normalized spacial score (nSPS) is 11.3. The van der Waals surface area contributed by atoms with Gasteiger partial charge in [-0.15, -0.1) is 0 Å². The van der Waals surface area contributed by atoms with Crippen molar-refractivity contribution in [3.63, 3.8) is 0 Å². The number of aryl methyl sites for hydroxylation is 1. The molecule has 1 amide bonds. The highest BCUT2D eigenvalue weighted by atomic mass is 19.1. The minimum absolute atomic E-state index is 0.114. The van der Waals surface area contributed by atoms with Crippen LogP contribution in [0.4, 0.5) is 4.39 Å². The van der Waals surface area contributed by atoms with E-state index in [1.54, 1.807) is 31.2 Å². The van der Waals surface area contributed by atoms with Crippen molar-refractivity contribution in [1.29, 1.82) is 5.26 Å². The number of methoxy groups -OCH3 is 2. The number of nitrogens with zero attached hydrogens (tertiary/aromatic N) is 1. The van der Waals surface area contributed by atoms with Gasteiger partial charge >= 0.3 is 0 Å². The molecule has 1 atom stereocenters. The van der Waals surface area contributed by atoms with Crippen LogP contribution in [-0.2, 0) is 0 Å². The number of carbonyl (C=O) groups is 1. The SMILES string of the molecule is COc1cccc([C@@H](C#N)NC(=O)c2cc(C)ccc2F)c1OC. The molecule has 0 unspecified atom stereocenters. The molecule has 5 nitrogen and oxygen atoms in total. The van der Waals surface area contributed by atoms with E-state index in [-0.39, 0.29) is 5.56 Å². The first kappa shape index (κ1) is 17.3. The van der Waals surface area contributed by atoms with E-state index >= 15 is 0 Å². The molecule has 0 heterocycles. The van der Waals surface area contributed by atoms with Gasteiger partial charge in [-0.3, -0.25) is 4.79 Å². The van der Waals surface area contributed by atoms with Crippen LogP contribution in [0.25, 0.3) is 0 Å². The Kier molecular flexibility index (Phi) is 5.38. The van der Waals surface area contributed by atoms with Gasteiger partial charge in [0.1, 0.15) is 11.9 Å². The van der Waals surface area contributed by atoms with Crippen molar-refractivity contribution in [1.82, 2.24) is 5.32 Å². The van der Waals surface area contributed by atoms with Crippen molar-refractivity contribution in [2.45, 2.75) is 13.0 Å². The topological polar surface area (TPSA) is 71.3 Å². The van der Waals surface area contributed by atoms with Crippen LogP contribution in [-0.4, -0.2) is 20.1 Å². The minimum atomic E-state index is -1.01. The zero-order valence-electron chi connectivity index (χ0n) is 13.6. The van der Waals surface area contributed by atoms with Crippen molar-refractivity contribution in [3.8, 4) is 17.6 Å². The second kappa shape index (κ2) is 7.47. The molecular formula is C18H17FN2O3. The molecule has 1 N–H and O–H groups in total. The smallest absolute Gasteiger partial charge is 0.255 e. The number of nitrogens with one attached hydrogen (secondary N) is 1. The average Bonchev–Trinajstić information content (AvgIpc) is 2.60. The van der Waals surface area contributed by atoms with Gasteiger partial charge < -0.3 is 14.8 Å². The highest BCUT2D eigenvalue weighted by molar-refractivity contribution is 5.95. The zero-order valence-corrected chi connectivity index (χ0v) is 13.6. The van der Waals surface area contributed by atoms with Crippen LogP contribution in [0.5, 0.6) is 11.5 Å². The number of benzene rings is 2. The Bertz CT molecular complexity index is 799. The second-order valence-electron chi connectivity index (χ2n) is 5.10. The summed E-state index contributed by atoms with van der Waals surface area (Å²) in [7, 11) is 2.92. The first-order valence-corrected chi connectivity index (χ1v) is 7.19. The van der Waals surface area contributed by atoms with Gasteiger partial charge in [-0.1, -0.05) is 23.8 Å². The number of rotatable bonds is 5. The molecule has 0 fully saturated rings. The van der Waals surface area contributed by atoms with Crippen LogP contribution in [0.3, 0.4) is 0 Å². The lowest BCUT2D eigenvalue weighted by molar-refractivity contribution is 0.0940. The molecule has 0 aliphatic heterocycles. The van der Waals surface area contributed by atoms with Gasteiger partial charge in [0.25, 0.3) is 5.91 Å². The summed E-state index contributed by atoms with van der Waals surface area (Å²) in [6, 6.07) is 10.2. The first-order valence-electron chi connectivity index (χ1n) is 7.19. The molecule has 124 valence electrons. The fraction of sp³-hybridized carbons (Fsp3) is 0.222. The Morgan fingerprint density at radius 3 is 2.62 bits per heavy atom. The molecule has 0 spiro atoms. The van der Waals surface area contributed by atoms with Crippen molar-refractivity contribution >= 4 is 5.91 Å². The van der Waals surface area contributed by atoms with Gasteiger partial charge in [0, 0.05) is 5.56 Å². The highest BCUT2D eigenvalue weighted by Crippen LogP contribution is 2.34. The Balaban J connectivity index is 2.35. The molecule has 0 aromatic heterocycles. The second-order valence-corrected chi connectivity index (χ2v) is 5.10. The molecule has 0 aliphatic rings. The molecule has 24 heavy (non-hydrogen) atoms. The van der Waals surface area contributed by atoms with Crippen LogP contribution < -0.4 is 14.8 Å². The maximum Gasteiger partial charge on any atom is 0.255 e. The molecule has 2 rings (SSSR count). The monoisotopic (exact) mass is 328 g/mol. The lowest BCUT2D eigenvalue weighted by Gasteiger charge is -2.17. The number of hydrogen-bond donors (Lipinski definition) is 1. The summed E-state index contributed by atoms with van der Waals surface area (Å²) in [5, 5.41) is 11.9.